The molecule has 1 saturated heterocycles. The Labute approximate surface area is 198 Å². The van der Waals surface area contributed by atoms with Crippen molar-refractivity contribution < 1.29 is 14.3 Å². The maximum atomic E-state index is 12.3. The van der Waals surface area contributed by atoms with Crippen molar-refractivity contribution in [2.24, 2.45) is 10.7 Å². The van der Waals surface area contributed by atoms with Crippen LogP contribution in [-0.4, -0.2) is 84.8 Å². The molecule has 0 radical (unpaired) electrons. The zero-order chi connectivity index (χ0) is 24.0. The molecule has 11 heteroatoms. The molecule has 0 bridgehead atoms. The fourth-order valence-corrected chi connectivity index (χ4v) is 3.81. The van der Waals surface area contributed by atoms with Crippen molar-refractivity contribution in [2.75, 3.05) is 52.7 Å². The number of amides is 2. The molecule has 1 aliphatic rings. The number of halogens is 1. The van der Waals surface area contributed by atoms with Crippen LogP contribution in [0, 0.1) is 0 Å². The number of nitrogens with one attached hydrogen (secondary N) is 1. The van der Waals surface area contributed by atoms with Gasteiger partial charge in [-0.05, 0) is 44.6 Å². The molecule has 0 saturated carbocycles. The summed E-state index contributed by atoms with van der Waals surface area (Å²) in [5.74, 6) is -0.203. The quantitative estimate of drug-likeness (QED) is 0.466. The summed E-state index contributed by atoms with van der Waals surface area (Å²) in [6.07, 6.45) is 5.49. The zero-order valence-corrected chi connectivity index (χ0v) is 19.9. The first-order valence-electron chi connectivity index (χ1n) is 10.7. The summed E-state index contributed by atoms with van der Waals surface area (Å²) in [5, 5.41) is 7.70. The normalized spacial score (nSPS) is 15.1. The molecule has 2 amide bonds. The Hall–Kier alpha value is -3.11. The third-order valence-electron chi connectivity index (χ3n) is 5.41. The van der Waals surface area contributed by atoms with Gasteiger partial charge in [0, 0.05) is 24.8 Å². The lowest BCUT2D eigenvalue weighted by Crippen LogP contribution is -2.43. The van der Waals surface area contributed by atoms with E-state index in [2.05, 4.69) is 15.4 Å². The van der Waals surface area contributed by atoms with Crippen LogP contribution in [0.1, 0.15) is 18.9 Å². The van der Waals surface area contributed by atoms with Crippen molar-refractivity contribution in [3.05, 3.63) is 35.6 Å². The molecular formula is C22H30ClN7O3. The second kappa shape index (κ2) is 11.2. The molecule has 2 aromatic rings. The van der Waals surface area contributed by atoms with Crippen LogP contribution in [0.15, 0.2) is 35.6 Å². The van der Waals surface area contributed by atoms with Crippen LogP contribution in [0.4, 0.5) is 5.69 Å². The Morgan fingerprint density at radius 2 is 2.03 bits per heavy atom. The van der Waals surface area contributed by atoms with Crippen molar-refractivity contribution in [2.45, 2.75) is 18.9 Å². The number of carbonyl (C=O) groups is 2. The summed E-state index contributed by atoms with van der Waals surface area (Å²) >= 11 is 6.26. The molecule has 0 atom stereocenters. The number of hydrogen-bond donors (Lipinski definition) is 2. The number of piperidine rings is 1. The fourth-order valence-electron chi connectivity index (χ4n) is 3.64. The van der Waals surface area contributed by atoms with Gasteiger partial charge < -0.3 is 25.6 Å². The third kappa shape index (κ3) is 6.69. The van der Waals surface area contributed by atoms with E-state index >= 15 is 0 Å². The third-order valence-corrected chi connectivity index (χ3v) is 5.74. The second-order valence-corrected chi connectivity index (χ2v) is 8.57. The first kappa shape index (κ1) is 24.5. The smallest absolute Gasteiger partial charge is 0.282 e. The van der Waals surface area contributed by atoms with Gasteiger partial charge in [0.1, 0.15) is 6.54 Å². The summed E-state index contributed by atoms with van der Waals surface area (Å²) < 4.78 is 6.68. The van der Waals surface area contributed by atoms with Gasteiger partial charge in [0.25, 0.3) is 6.02 Å². The van der Waals surface area contributed by atoms with Crippen molar-refractivity contribution in [1.29, 1.82) is 0 Å². The molecule has 1 fully saturated rings. The number of ether oxygens (including phenoxy) is 1. The zero-order valence-electron chi connectivity index (χ0n) is 19.1. The number of likely N-dealkylation sites (N-methyl/N-ethyl adjacent to an activating group) is 1. The number of likely N-dealkylation sites (tertiary alicyclic amines) is 1. The highest BCUT2D eigenvalue weighted by molar-refractivity contribution is 6.33. The van der Waals surface area contributed by atoms with Gasteiger partial charge in [-0.1, -0.05) is 17.7 Å². The van der Waals surface area contributed by atoms with Gasteiger partial charge in [-0.25, -0.2) is 4.99 Å². The van der Waals surface area contributed by atoms with Gasteiger partial charge in [0.05, 0.1) is 36.6 Å². The molecule has 2 heterocycles. The number of anilines is 1. The minimum absolute atomic E-state index is 0.0645. The molecule has 178 valence electrons. The van der Waals surface area contributed by atoms with E-state index < -0.39 is 0 Å². The Morgan fingerprint density at radius 1 is 1.30 bits per heavy atom. The monoisotopic (exact) mass is 475 g/mol. The predicted molar refractivity (Wildman–Crippen MR) is 128 cm³/mol. The van der Waals surface area contributed by atoms with E-state index in [9.17, 15) is 9.59 Å². The molecule has 1 aliphatic heterocycles. The topological polar surface area (TPSA) is 118 Å². The molecule has 33 heavy (non-hydrogen) atoms. The molecule has 0 aliphatic carbocycles. The van der Waals surface area contributed by atoms with Gasteiger partial charge in [-0.15, -0.1) is 0 Å². The lowest BCUT2D eigenvalue weighted by atomic mass is 10.0. The van der Waals surface area contributed by atoms with Crippen LogP contribution in [0.25, 0.3) is 11.1 Å². The second-order valence-electron chi connectivity index (χ2n) is 8.16. The highest BCUT2D eigenvalue weighted by atomic mass is 35.5. The van der Waals surface area contributed by atoms with Gasteiger partial charge in [0.15, 0.2) is 0 Å². The van der Waals surface area contributed by atoms with E-state index in [-0.39, 0.29) is 30.4 Å². The number of aromatic nitrogens is 2. The molecule has 1 aromatic heterocycles. The number of aliphatic imine (C=N–C) groups is 1. The SMILES string of the molecule is CO/C(N)=N\CC(=O)Nc1cc(-c2cnn(C3CCN(C(=O)CN(C)C)CC3)c2)ccc1Cl. The number of nitrogens with zero attached hydrogens (tertiary/aromatic N) is 5. The summed E-state index contributed by atoms with van der Waals surface area (Å²) in [5.41, 5.74) is 7.71. The predicted octanol–water partition coefficient (Wildman–Crippen LogP) is 1.83. The van der Waals surface area contributed by atoms with E-state index in [1.54, 1.807) is 18.3 Å². The van der Waals surface area contributed by atoms with E-state index in [1.807, 2.05) is 40.8 Å². The van der Waals surface area contributed by atoms with E-state index in [0.717, 1.165) is 37.1 Å². The van der Waals surface area contributed by atoms with Crippen LogP contribution in [-0.2, 0) is 14.3 Å². The van der Waals surface area contributed by atoms with Crippen LogP contribution >= 0.6 is 11.6 Å². The van der Waals surface area contributed by atoms with E-state index in [1.165, 1.54) is 7.11 Å². The van der Waals surface area contributed by atoms with E-state index in [0.29, 0.717) is 17.3 Å². The maximum absolute atomic E-state index is 12.3. The van der Waals surface area contributed by atoms with Gasteiger partial charge in [-0.2, -0.15) is 5.10 Å². The average Bonchev–Trinajstić information content (AvgIpc) is 3.29. The van der Waals surface area contributed by atoms with Gasteiger partial charge in [-0.3, -0.25) is 14.3 Å². The molecule has 3 N–H and O–H groups in total. The summed E-state index contributed by atoms with van der Waals surface area (Å²) in [6, 6.07) is 5.57. The van der Waals surface area contributed by atoms with Crippen molar-refractivity contribution in [1.82, 2.24) is 19.6 Å². The van der Waals surface area contributed by atoms with Crippen LogP contribution in [0.5, 0.6) is 0 Å². The average molecular weight is 476 g/mol. The standard InChI is InChI=1S/C22H30ClN7O3/c1-28(2)14-21(32)29-8-6-17(7-9-29)30-13-16(11-26-30)15-4-5-18(23)19(10-15)27-20(31)12-25-22(24)33-3/h4-5,10-11,13,17H,6-9,12,14H2,1-3H3,(H2,24,25)(H,27,31). The van der Waals surface area contributed by atoms with Gasteiger partial charge >= 0.3 is 0 Å². The molecule has 0 unspecified atom stereocenters. The molecule has 3 rings (SSSR count). The number of rotatable bonds is 7. The number of carbonyl (C=O) groups excluding carboxylic acids is 2. The summed E-state index contributed by atoms with van der Waals surface area (Å²) in [4.78, 5) is 32.0. The van der Waals surface area contributed by atoms with Crippen LogP contribution in [0.3, 0.4) is 0 Å². The number of nitrogens with two attached hydrogens (primary N) is 1. The Bertz CT molecular complexity index is 1010. The lowest BCUT2D eigenvalue weighted by Gasteiger charge is -2.32. The Morgan fingerprint density at radius 3 is 2.70 bits per heavy atom. The summed E-state index contributed by atoms with van der Waals surface area (Å²) in [7, 11) is 5.18. The van der Waals surface area contributed by atoms with Crippen molar-refractivity contribution >= 4 is 35.1 Å². The first-order valence-corrected chi connectivity index (χ1v) is 11.0. The molecule has 10 nitrogen and oxygen atoms in total. The maximum Gasteiger partial charge on any atom is 0.282 e. The number of methoxy groups -OCH3 is 1. The largest absolute Gasteiger partial charge is 0.469 e. The van der Waals surface area contributed by atoms with Crippen molar-refractivity contribution in [3.8, 4) is 11.1 Å². The highest BCUT2D eigenvalue weighted by Gasteiger charge is 2.24. The Balaban J connectivity index is 1.64. The molecular weight excluding hydrogens is 446 g/mol. The number of benzene rings is 1. The molecule has 0 spiro atoms. The number of amidine groups is 1. The first-order chi connectivity index (χ1) is 15.8. The Kier molecular flexibility index (Phi) is 8.29. The number of hydrogen-bond acceptors (Lipinski definition) is 6. The van der Waals surface area contributed by atoms with Gasteiger partial charge in [0.2, 0.25) is 11.8 Å². The lowest BCUT2D eigenvalue weighted by molar-refractivity contribution is -0.133. The summed E-state index contributed by atoms with van der Waals surface area (Å²) in [6.45, 7) is 1.70. The fraction of sp³-hybridized carbons (Fsp3) is 0.455. The molecule has 1 aromatic carbocycles. The van der Waals surface area contributed by atoms with Crippen LogP contribution in [0.2, 0.25) is 5.02 Å². The highest BCUT2D eigenvalue weighted by Crippen LogP contribution is 2.30. The van der Waals surface area contributed by atoms with Crippen molar-refractivity contribution in [3.63, 3.8) is 0 Å². The van der Waals surface area contributed by atoms with E-state index in [4.69, 9.17) is 22.1 Å². The minimum atomic E-state index is -0.361. The minimum Gasteiger partial charge on any atom is -0.469 e. The van der Waals surface area contributed by atoms with Crippen LogP contribution < -0.4 is 11.1 Å².